The molecule has 1 heterocycles. The van der Waals surface area contributed by atoms with Gasteiger partial charge in [-0.25, -0.2) is 13.8 Å². The van der Waals surface area contributed by atoms with E-state index in [0.29, 0.717) is 5.69 Å². The van der Waals surface area contributed by atoms with Gasteiger partial charge in [0.15, 0.2) is 0 Å². The highest BCUT2D eigenvalue weighted by atomic mass is 19.1. The molecular formula is C11H10F2N2O. The van der Waals surface area contributed by atoms with E-state index in [2.05, 4.69) is 4.98 Å². The van der Waals surface area contributed by atoms with Crippen LogP contribution in [0.3, 0.4) is 0 Å². The first-order chi connectivity index (χ1) is 7.61. The van der Waals surface area contributed by atoms with Crippen molar-refractivity contribution in [2.24, 2.45) is 0 Å². The zero-order valence-electron chi connectivity index (χ0n) is 8.63. The van der Waals surface area contributed by atoms with Gasteiger partial charge in [-0.15, -0.1) is 0 Å². The summed E-state index contributed by atoms with van der Waals surface area (Å²) < 4.78 is 31.3. The maximum absolute atomic E-state index is 13.4. The maximum Gasteiger partial charge on any atom is 0.137 e. The highest BCUT2D eigenvalue weighted by Gasteiger charge is 2.10. The van der Waals surface area contributed by atoms with E-state index in [9.17, 15) is 8.78 Å². The van der Waals surface area contributed by atoms with Crippen molar-refractivity contribution >= 4 is 16.6 Å². The molecule has 16 heavy (non-hydrogen) atoms. The van der Waals surface area contributed by atoms with Crippen molar-refractivity contribution in [3.8, 4) is 0 Å². The monoisotopic (exact) mass is 224 g/mol. The number of nitrogen functional groups attached to an aromatic ring is 1. The second-order valence-corrected chi connectivity index (χ2v) is 3.42. The van der Waals surface area contributed by atoms with E-state index in [4.69, 9.17) is 10.5 Å². The number of hydrogen-bond acceptors (Lipinski definition) is 3. The smallest absolute Gasteiger partial charge is 0.137 e. The Morgan fingerprint density at radius 1 is 1.31 bits per heavy atom. The Labute approximate surface area is 90.8 Å². The van der Waals surface area contributed by atoms with Crippen LogP contribution in [0.2, 0.25) is 0 Å². The van der Waals surface area contributed by atoms with Crippen molar-refractivity contribution in [3.63, 3.8) is 0 Å². The van der Waals surface area contributed by atoms with Gasteiger partial charge in [0.1, 0.15) is 11.6 Å². The van der Waals surface area contributed by atoms with Gasteiger partial charge >= 0.3 is 0 Å². The maximum atomic E-state index is 13.4. The Morgan fingerprint density at radius 2 is 2.06 bits per heavy atom. The largest absolute Gasteiger partial charge is 0.398 e. The zero-order valence-corrected chi connectivity index (χ0v) is 8.63. The van der Waals surface area contributed by atoms with Crippen molar-refractivity contribution in [2.75, 3.05) is 12.8 Å². The molecule has 0 aliphatic heterocycles. The van der Waals surface area contributed by atoms with Gasteiger partial charge in [-0.05, 0) is 6.07 Å². The number of nitrogens with two attached hydrogens (primary N) is 1. The number of methoxy groups -OCH3 is 1. The molecule has 2 aromatic rings. The summed E-state index contributed by atoms with van der Waals surface area (Å²) in [6, 6.07) is 3.46. The zero-order chi connectivity index (χ0) is 11.7. The van der Waals surface area contributed by atoms with E-state index in [0.717, 1.165) is 12.1 Å². The molecule has 1 aromatic carbocycles. The predicted molar refractivity (Wildman–Crippen MR) is 56.8 cm³/mol. The average molecular weight is 224 g/mol. The minimum absolute atomic E-state index is 0.140. The lowest BCUT2D eigenvalue weighted by atomic mass is 10.1. The third-order valence-electron chi connectivity index (χ3n) is 2.20. The Kier molecular flexibility index (Phi) is 2.70. The van der Waals surface area contributed by atoms with E-state index in [1.807, 2.05) is 0 Å². The summed E-state index contributed by atoms with van der Waals surface area (Å²) >= 11 is 0. The van der Waals surface area contributed by atoms with Gasteiger partial charge in [0.05, 0.1) is 23.2 Å². The van der Waals surface area contributed by atoms with Crippen molar-refractivity contribution in [2.45, 2.75) is 6.61 Å². The van der Waals surface area contributed by atoms with Gasteiger partial charge in [-0.3, -0.25) is 0 Å². The fraction of sp³-hybridized carbons (Fsp3) is 0.182. The fourth-order valence-corrected chi connectivity index (χ4v) is 1.59. The summed E-state index contributed by atoms with van der Waals surface area (Å²) in [5.74, 6) is -1.38. The second kappa shape index (κ2) is 4.02. The molecule has 0 saturated heterocycles. The first-order valence-corrected chi connectivity index (χ1v) is 4.65. The SMILES string of the molecule is COCc1cc(N)c2c(F)cc(F)cc2n1. The van der Waals surface area contributed by atoms with Crippen molar-refractivity contribution in [1.82, 2.24) is 4.98 Å². The lowest BCUT2D eigenvalue weighted by Gasteiger charge is -2.06. The van der Waals surface area contributed by atoms with Crippen molar-refractivity contribution in [1.29, 1.82) is 0 Å². The molecule has 0 fully saturated rings. The fourth-order valence-electron chi connectivity index (χ4n) is 1.59. The summed E-state index contributed by atoms with van der Waals surface area (Å²) in [4.78, 5) is 4.06. The second-order valence-electron chi connectivity index (χ2n) is 3.42. The number of fused-ring (bicyclic) bond motifs is 1. The molecule has 0 spiro atoms. The van der Waals surface area contributed by atoms with Crippen LogP contribution in [0.5, 0.6) is 0 Å². The van der Waals surface area contributed by atoms with Gasteiger partial charge < -0.3 is 10.5 Å². The first-order valence-electron chi connectivity index (χ1n) is 4.65. The Balaban J connectivity index is 2.71. The number of anilines is 1. The van der Waals surface area contributed by atoms with Crippen LogP contribution >= 0.6 is 0 Å². The predicted octanol–water partition coefficient (Wildman–Crippen LogP) is 2.24. The van der Waals surface area contributed by atoms with E-state index in [-0.39, 0.29) is 23.2 Å². The number of halogens is 2. The highest BCUT2D eigenvalue weighted by Crippen LogP contribution is 2.24. The Bertz CT molecular complexity index is 543. The molecule has 0 aliphatic rings. The molecule has 84 valence electrons. The molecule has 0 radical (unpaired) electrons. The number of benzene rings is 1. The van der Waals surface area contributed by atoms with E-state index >= 15 is 0 Å². The molecule has 1 aromatic heterocycles. The Morgan fingerprint density at radius 3 is 2.75 bits per heavy atom. The Hall–Kier alpha value is -1.75. The molecule has 0 amide bonds. The quantitative estimate of drug-likeness (QED) is 0.851. The van der Waals surface area contributed by atoms with Crippen LogP contribution in [0.25, 0.3) is 10.9 Å². The normalized spacial score (nSPS) is 10.9. The van der Waals surface area contributed by atoms with E-state index < -0.39 is 11.6 Å². The molecule has 0 bridgehead atoms. The molecular weight excluding hydrogens is 214 g/mol. The van der Waals surface area contributed by atoms with E-state index in [1.54, 1.807) is 0 Å². The summed E-state index contributed by atoms with van der Waals surface area (Å²) in [6.45, 7) is 0.248. The molecule has 0 unspecified atom stereocenters. The standard InChI is InChI=1S/C11H10F2N2O/c1-16-5-7-4-9(14)11-8(13)2-6(12)3-10(11)15-7/h2-4H,5H2,1H3,(H2,14,15). The lowest BCUT2D eigenvalue weighted by Crippen LogP contribution is -1.99. The van der Waals surface area contributed by atoms with Gasteiger partial charge in [-0.1, -0.05) is 0 Å². The van der Waals surface area contributed by atoms with Crippen molar-refractivity contribution in [3.05, 3.63) is 35.5 Å². The molecule has 0 saturated carbocycles. The number of nitrogens with zero attached hydrogens (tertiary/aromatic N) is 1. The van der Waals surface area contributed by atoms with Gasteiger partial charge in [-0.2, -0.15) is 0 Å². The number of hydrogen-bond donors (Lipinski definition) is 1. The van der Waals surface area contributed by atoms with E-state index in [1.165, 1.54) is 13.2 Å². The summed E-state index contributed by atoms with van der Waals surface area (Å²) in [5, 5.41) is 0.140. The third kappa shape index (κ3) is 1.81. The van der Waals surface area contributed by atoms with Crippen LogP contribution in [0.4, 0.5) is 14.5 Å². The molecule has 2 N–H and O–H groups in total. The number of rotatable bonds is 2. The van der Waals surface area contributed by atoms with Crippen LogP contribution in [0.1, 0.15) is 5.69 Å². The number of pyridine rings is 1. The number of aromatic nitrogens is 1. The lowest BCUT2D eigenvalue weighted by molar-refractivity contribution is 0.182. The minimum atomic E-state index is -0.705. The molecule has 0 atom stereocenters. The third-order valence-corrected chi connectivity index (χ3v) is 2.20. The highest BCUT2D eigenvalue weighted by molar-refractivity contribution is 5.90. The van der Waals surface area contributed by atoms with Crippen LogP contribution in [-0.2, 0) is 11.3 Å². The number of ether oxygens (including phenoxy) is 1. The molecule has 2 rings (SSSR count). The van der Waals surface area contributed by atoms with Crippen LogP contribution in [-0.4, -0.2) is 12.1 Å². The van der Waals surface area contributed by atoms with Gasteiger partial charge in [0.25, 0.3) is 0 Å². The summed E-state index contributed by atoms with van der Waals surface area (Å²) in [7, 11) is 1.51. The van der Waals surface area contributed by atoms with Gasteiger partial charge in [0.2, 0.25) is 0 Å². The van der Waals surface area contributed by atoms with Crippen LogP contribution < -0.4 is 5.73 Å². The van der Waals surface area contributed by atoms with Crippen LogP contribution in [0.15, 0.2) is 18.2 Å². The first kappa shape index (κ1) is 10.8. The molecule has 5 heteroatoms. The summed E-state index contributed by atoms with van der Waals surface area (Å²) in [5.41, 5.74) is 6.65. The minimum Gasteiger partial charge on any atom is -0.398 e. The summed E-state index contributed by atoms with van der Waals surface area (Å²) in [6.07, 6.45) is 0. The topological polar surface area (TPSA) is 48.1 Å². The molecule has 3 nitrogen and oxygen atoms in total. The van der Waals surface area contributed by atoms with Crippen molar-refractivity contribution < 1.29 is 13.5 Å². The average Bonchev–Trinajstić information content (AvgIpc) is 2.15. The van der Waals surface area contributed by atoms with Crippen LogP contribution in [0, 0.1) is 11.6 Å². The molecule has 0 aliphatic carbocycles. The van der Waals surface area contributed by atoms with Gasteiger partial charge in [0, 0.05) is 24.9 Å².